The minimum Gasteiger partial charge on any atom is -0.490 e. The van der Waals surface area contributed by atoms with Gasteiger partial charge in [-0.25, -0.2) is 4.98 Å². The second kappa shape index (κ2) is 9.47. The number of aromatic nitrogens is 1. The first-order chi connectivity index (χ1) is 14.0. The molecule has 0 fully saturated rings. The highest BCUT2D eigenvalue weighted by molar-refractivity contribution is 6.17. The molecule has 0 saturated carbocycles. The molecule has 0 unspecified atom stereocenters. The number of benzene rings is 2. The average molecular weight is 416 g/mol. The molecule has 2 aromatic carbocycles. The number of hydrogen-bond acceptors (Lipinski definition) is 5. The number of hydrogen-bond donors (Lipinski definition) is 1. The Labute approximate surface area is 174 Å². The predicted molar refractivity (Wildman–Crippen MR) is 110 cm³/mol. The van der Waals surface area contributed by atoms with Crippen LogP contribution in [0.25, 0.3) is 11.5 Å². The molecule has 3 rings (SSSR count). The lowest BCUT2D eigenvalue weighted by molar-refractivity contribution is -0.136. The summed E-state index contributed by atoms with van der Waals surface area (Å²) in [5, 5.41) is 8.87. The highest BCUT2D eigenvalue weighted by Gasteiger charge is 2.14. The number of carboxylic acids is 1. The SMILES string of the molecule is CCOc1cc(CCl)ccc1OCc1nc(-c2ccc(CC(=O)O)cc2)oc1C. The lowest BCUT2D eigenvalue weighted by atomic mass is 10.1. The van der Waals surface area contributed by atoms with Crippen LogP contribution >= 0.6 is 11.6 Å². The van der Waals surface area contributed by atoms with Gasteiger partial charge in [-0.05, 0) is 49.2 Å². The molecule has 152 valence electrons. The van der Waals surface area contributed by atoms with E-state index in [-0.39, 0.29) is 13.0 Å². The fourth-order valence-corrected chi connectivity index (χ4v) is 2.96. The molecule has 0 radical (unpaired) electrons. The van der Waals surface area contributed by atoms with Crippen molar-refractivity contribution in [1.82, 2.24) is 4.98 Å². The van der Waals surface area contributed by atoms with Gasteiger partial charge in [0, 0.05) is 11.4 Å². The molecule has 0 bridgehead atoms. The third-order valence-corrected chi connectivity index (χ3v) is 4.58. The standard InChI is InChI=1S/C22H22ClNO5/c1-3-27-20-10-16(12-23)6-9-19(20)28-13-18-14(2)29-22(24-18)17-7-4-15(5-8-17)11-21(25)26/h4-10H,3,11-13H2,1-2H3,(H,25,26). The fraction of sp³-hybridized carbons (Fsp3) is 0.273. The zero-order valence-corrected chi connectivity index (χ0v) is 17.0. The summed E-state index contributed by atoms with van der Waals surface area (Å²) >= 11 is 5.89. The minimum absolute atomic E-state index is 0.0192. The molecule has 0 amide bonds. The molecule has 0 aliphatic heterocycles. The third-order valence-electron chi connectivity index (χ3n) is 4.28. The topological polar surface area (TPSA) is 81.8 Å². The molecular weight excluding hydrogens is 394 g/mol. The van der Waals surface area contributed by atoms with Gasteiger partial charge in [-0.15, -0.1) is 11.6 Å². The molecule has 0 aliphatic carbocycles. The maximum absolute atomic E-state index is 10.8. The van der Waals surface area contributed by atoms with E-state index < -0.39 is 5.97 Å². The van der Waals surface area contributed by atoms with Crippen LogP contribution in [-0.2, 0) is 23.7 Å². The number of aliphatic carboxylic acids is 1. The summed E-state index contributed by atoms with van der Waals surface area (Å²) in [5.41, 5.74) is 3.12. The van der Waals surface area contributed by atoms with Crippen molar-refractivity contribution in [2.24, 2.45) is 0 Å². The Balaban J connectivity index is 1.73. The van der Waals surface area contributed by atoms with Crippen LogP contribution in [0.4, 0.5) is 0 Å². The fourth-order valence-electron chi connectivity index (χ4n) is 2.79. The molecule has 3 aromatic rings. The Kier molecular flexibility index (Phi) is 6.77. The van der Waals surface area contributed by atoms with Crippen LogP contribution in [-0.4, -0.2) is 22.7 Å². The highest BCUT2D eigenvalue weighted by Crippen LogP contribution is 2.30. The second-order valence-electron chi connectivity index (χ2n) is 6.43. The van der Waals surface area contributed by atoms with Crippen molar-refractivity contribution >= 4 is 17.6 Å². The summed E-state index contributed by atoms with van der Waals surface area (Å²) < 4.78 is 17.3. The van der Waals surface area contributed by atoms with E-state index in [0.29, 0.717) is 41.3 Å². The van der Waals surface area contributed by atoms with E-state index >= 15 is 0 Å². The Morgan fingerprint density at radius 3 is 2.48 bits per heavy atom. The Bertz CT molecular complexity index is 981. The van der Waals surface area contributed by atoms with Crippen molar-refractivity contribution in [3.8, 4) is 23.0 Å². The number of ether oxygens (including phenoxy) is 2. The summed E-state index contributed by atoms with van der Waals surface area (Å²) in [6, 6.07) is 12.7. The first kappa shape index (κ1) is 20.7. The van der Waals surface area contributed by atoms with Crippen molar-refractivity contribution in [2.75, 3.05) is 6.61 Å². The average Bonchev–Trinajstić information content (AvgIpc) is 3.08. The van der Waals surface area contributed by atoms with Gasteiger partial charge in [0.15, 0.2) is 11.5 Å². The molecular formula is C22H22ClNO5. The number of carbonyl (C=O) groups is 1. The van der Waals surface area contributed by atoms with Gasteiger partial charge in [0.05, 0.1) is 13.0 Å². The lowest BCUT2D eigenvalue weighted by Crippen LogP contribution is -2.01. The summed E-state index contributed by atoms with van der Waals surface area (Å²) in [4.78, 5) is 15.3. The first-order valence-electron chi connectivity index (χ1n) is 9.22. The van der Waals surface area contributed by atoms with E-state index in [2.05, 4.69) is 4.98 Å². The molecule has 6 nitrogen and oxygen atoms in total. The summed E-state index contributed by atoms with van der Waals surface area (Å²) in [6.45, 7) is 4.49. The number of nitrogens with zero attached hydrogens (tertiary/aromatic N) is 1. The van der Waals surface area contributed by atoms with E-state index in [0.717, 1.165) is 16.7 Å². The van der Waals surface area contributed by atoms with Crippen molar-refractivity contribution in [3.05, 3.63) is 65.0 Å². The molecule has 7 heteroatoms. The van der Waals surface area contributed by atoms with Crippen LogP contribution in [0, 0.1) is 6.92 Å². The Hall–Kier alpha value is -2.99. The van der Waals surface area contributed by atoms with Gasteiger partial charge in [0.1, 0.15) is 18.1 Å². The molecule has 0 saturated heterocycles. The normalized spacial score (nSPS) is 10.7. The molecule has 29 heavy (non-hydrogen) atoms. The van der Waals surface area contributed by atoms with Gasteiger partial charge in [-0.1, -0.05) is 18.2 Å². The number of alkyl halides is 1. The molecule has 0 aliphatic rings. The van der Waals surface area contributed by atoms with Crippen LogP contribution in [0.1, 0.15) is 29.5 Å². The van der Waals surface area contributed by atoms with Crippen LogP contribution in [0.2, 0.25) is 0 Å². The molecule has 0 atom stereocenters. The summed E-state index contributed by atoms with van der Waals surface area (Å²) in [5.74, 6) is 1.91. The van der Waals surface area contributed by atoms with Crippen LogP contribution in [0.3, 0.4) is 0 Å². The molecule has 1 N–H and O–H groups in total. The highest BCUT2D eigenvalue weighted by atomic mass is 35.5. The Morgan fingerprint density at radius 1 is 1.10 bits per heavy atom. The van der Waals surface area contributed by atoms with Gasteiger partial charge < -0.3 is 19.0 Å². The largest absolute Gasteiger partial charge is 0.490 e. The predicted octanol–water partition coefficient (Wildman–Crippen LogP) is 4.99. The van der Waals surface area contributed by atoms with Gasteiger partial charge in [0.2, 0.25) is 5.89 Å². The maximum Gasteiger partial charge on any atom is 0.307 e. The smallest absolute Gasteiger partial charge is 0.307 e. The van der Waals surface area contributed by atoms with Crippen molar-refractivity contribution < 1.29 is 23.8 Å². The van der Waals surface area contributed by atoms with E-state index in [9.17, 15) is 4.79 Å². The summed E-state index contributed by atoms with van der Waals surface area (Å²) in [6.07, 6.45) is -0.0192. The zero-order valence-electron chi connectivity index (χ0n) is 16.3. The van der Waals surface area contributed by atoms with Crippen molar-refractivity contribution in [1.29, 1.82) is 0 Å². The van der Waals surface area contributed by atoms with Crippen LogP contribution < -0.4 is 9.47 Å². The van der Waals surface area contributed by atoms with Crippen molar-refractivity contribution in [2.45, 2.75) is 32.8 Å². The van der Waals surface area contributed by atoms with Crippen LogP contribution in [0.5, 0.6) is 11.5 Å². The van der Waals surface area contributed by atoms with E-state index in [1.807, 2.05) is 32.0 Å². The molecule has 1 heterocycles. The summed E-state index contributed by atoms with van der Waals surface area (Å²) in [7, 11) is 0. The monoisotopic (exact) mass is 415 g/mol. The lowest BCUT2D eigenvalue weighted by Gasteiger charge is -2.12. The molecule has 0 spiro atoms. The van der Waals surface area contributed by atoms with E-state index in [4.69, 9.17) is 30.6 Å². The first-order valence-corrected chi connectivity index (χ1v) is 9.75. The number of rotatable bonds is 9. The minimum atomic E-state index is -0.866. The maximum atomic E-state index is 10.8. The second-order valence-corrected chi connectivity index (χ2v) is 6.69. The van der Waals surface area contributed by atoms with E-state index in [1.54, 1.807) is 24.3 Å². The number of aryl methyl sites for hydroxylation is 1. The Morgan fingerprint density at radius 2 is 1.83 bits per heavy atom. The zero-order chi connectivity index (χ0) is 20.8. The van der Waals surface area contributed by atoms with Gasteiger partial charge >= 0.3 is 5.97 Å². The quantitative estimate of drug-likeness (QED) is 0.495. The number of carboxylic acid groups (broad SMARTS) is 1. The van der Waals surface area contributed by atoms with Crippen LogP contribution in [0.15, 0.2) is 46.9 Å². The van der Waals surface area contributed by atoms with Gasteiger partial charge in [-0.2, -0.15) is 0 Å². The third kappa shape index (κ3) is 5.29. The van der Waals surface area contributed by atoms with E-state index in [1.165, 1.54) is 0 Å². The van der Waals surface area contributed by atoms with Gasteiger partial charge in [0.25, 0.3) is 0 Å². The number of halogens is 1. The number of oxazole rings is 1. The molecule has 1 aromatic heterocycles. The van der Waals surface area contributed by atoms with Crippen molar-refractivity contribution in [3.63, 3.8) is 0 Å². The van der Waals surface area contributed by atoms with Gasteiger partial charge in [-0.3, -0.25) is 4.79 Å².